The second-order valence-corrected chi connectivity index (χ2v) is 12.7. The van der Waals surface area contributed by atoms with Gasteiger partial charge in [-0.1, -0.05) is 41.9 Å². The van der Waals surface area contributed by atoms with Crippen molar-refractivity contribution in [2.45, 2.75) is 32.6 Å². The van der Waals surface area contributed by atoms with Crippen LogP contribution in [0.1, 0.15) is 33.0 Å². The van der Waals surface area contributed by atoms with Gasteiger partial charge in [-0.25, -0.2) is 13.1 Å². The number of sulfonamides is 1. The Morgan fingerprint density at radius 1 is 0.913 bits per heavy atom. The zero-order chi connectivity index (χ0) is 33.3. The van der Waals surface area contributed by atoms with Gasteiger partial charge in [0.05, 0.1) is 27.7 Å². The summed E-state index contributed by atoms with van der Waals surface area (Å²) in [7, 11) is -2.22. The van der Waals surface area contributed by atoms with Crippen molar-refractivity contribution in [3.63, 3.8) is 0 Å². The molecular weight excluding hydrogens is 626 g/mol. The minimum absolute atomic E-state index is 0.0274. The third-order valence-electron chi connectivity index (χ3n) is 7.60. The Bertz CT molecular complexity index is 2240. The molecule has 0 unspecified atom stereocenters. The zero-order valence-corrected chi connectivity index (χ0v) is 27.2. The summed E-state index contributed by atoms with van der Waals surface area (Å²) in [6.45, 7) is 6.94. The third-order valence-corrected chi connectivity index (χ3v) is 9.35. The van der Waals surface area contributed by atoms with Gasteiger partial charge in [-0.2, -0.15) is 10.4 Å². The molecule has 11 nitrogen and oxygen atoms in total. The molecule has 0 atom stereocenters. The summed E-state index contributed by atoms with van der Waals surface area (Å²) in [5, 5.41) is 14.3. The fourth-order valence-corrected chi connectivity index (χ4v) is 6.76. The molecule has 0 aliphatic heterocycles. The van der Waals surface area contributed by atoms with Gasteiger partial charge in [0.15, 0.2) is 0 Å². The van der Waals surface area contributed by atoms with Gasteiger partial charge in [-0.15, -0.1) is 0 Å². The average molecular weight is 656 g/mol. The van der Waals surface area contributed by atoms with E-state index in [1.807, 2.05) is 43.3 Å². The number of ketones is 1. The highest BCUT2D eigenvalue weighted by atomic mass is 35.5. The van der Waals surface area contributed by atoms with E-state index in [9.17, 15) is 23.3 Å². The Labute approximate surface area is 271 Å². The lowest BCUT2D eigenvalue weighted by Crippen LogP contribution is -2.22. The van der Waals surface area contributed by atoms with E-state index in [0.717, 1.165) is 0 Å². The molecule has 0 amide bonds. The number of halogens is 1. The Kier molecular flexibility index (Phi) is 8.74. The van der Waals surface area contributed by atoms with Gasteiger partial charge in [-0.05, 0) is 81.8 Å². The van der Waals surface area contributed by atoms with Crippen LogP contribution < -0.4 is 15.7 Å². The van der Waals surface area contributed by atoms with Gasteiger partial charge in [-0.3, -0.25) is 24.4 Å². The number of benzene rings is 3. The SMILES string of the molecule is Cc1ccc(N/N=C(\C#N)C(=O)c2cc(C)n(-c3c(C)n(C)n(-c4ccccc4)c3=O)c2C)cc1S(=O)(=O)Nc1cccc(Cl)c1. The number of Topliss-reactive ketones (excluding diaryl/α,β-unsaturated/α-hetero) is 1. The first-order valence-corrected chi connectivity index (χ1v) is 15.9. The molecule has 5 aromatic rings. The molecule has 0 saturated carbocycles. The molecule has 2 heterocycles. The van der Waals surface area contributed by atoms with E-state index in [1.165, 1.54) is 12.1 Å². The number of carbonyl (C=O) groups is 1. The Balaban J connectivity index is 1.45. The van der Waals surface area contributed by atoms with Crippen LogP contribution in [0.25, 0.3) is 11.4 Å². The lowest BCUT2D eigenvalue weighted by atomic mass is 10.1. The monoisotopic (exact) mass is 655 g/mol. The van der Waals surface area contributed by atoms with E-state index < -0.39 is 21.5 Å². The number of hydrazone groups is 1. The number of nitrogens with one attached hydrogen (secondary N) is 2. The Morgan fingerprint density at radius 3 is 2.30 bits per heavy atom. The number of hydrogen-bond acceptors (Lipinski definition) is 7. The predicted octanol–water partition coefficient (Wildman–Crippen LogP) is 5.83. The predicted molar refractivity (Wildman–Crippen MR) is 179 cm³/mol. The van der Waals surface area contributed by atoms with Gasteiger partial charge < -0.3 is 4.57 Å². The standard InChI is InChI=1S/C33H30ClN7O4S/c1-20-14-15-25(18-30(20)46(44,45)38-26-11-9-10-24(34)17-26)36-37-29(19-35)32(42)28-16-21(2)40(22(28)3)31-23(4)39(5)41(33(31)43)27-12-7-6-8-13-27/h6-18,36,38H,1-5H3/b37-29+. The summed E-state index contributed by atoms with van der Waals surface area (Å²) in [5.74, 6) is -0.658. The summed E-state index contributed by atoms with van der Waals surface area (Å²) in [4.78, 5) is 27.2. The summed E-state index contributed by atoms with van der Waals surface area (Å²) in [6.07, 6.45) is 0. The number of aryl methyl sites for hydroxylation is 2. The minimum atomic E-state index is -4.01. The van der Waals surface area contributed by atoms with Gasteiger partial charge in [0.2, 0.25) is 11.5 Å². The molecule has 234 valence electrons. The largest absolute Gasteiger partial charge is 0.311 e. The fraction of sp³-hybridized carbons (Fsp3) is 0.152. The molecule has 0 aliphatic carbocycles. The number of para-hydroxylation sites is 1. The van der Waals surface area contributed by atoms with Crippen molar-refractivity contribution in [3.8, 4) is 17.4 Å². The van der Waals surface area contributed by atoms with E-state index >= 15 is 0 Å². The lowest BCUT2D eigenvalue weighted by Gasteiger charge is -2.12. The summed E-state index contributed by atoms with van der Waals surface area (Å²) in [5.41, 5.74) is 5.98. The number of anilines is 2. The van der Waals surface area contributed by atoms with Crippen molar-refractivity contribution in [1.82, 2.24) is 13.9 Å². The molecule has 3 aromatic carbocycles. The van der Waals surface area contributed by atoms with Crippen LogP contribution in [0.4, 0.5) is 11.4 Å². The van der Waals surface area contributed by atoms with Crippen molar-refractivity contribution in [1.29, 1.82) is 5.26 Å². The van der Waals surface area contributed by atoms with Crippen molar-refractivity contribution in [2.75, 3.05) is 10.1 Å². The first-order chi connectivity index (χ1) is 21.8. The number of nitrogens with zero attached hydrogens (tertiary/aromatic N) is 5. The maximum absolute atomic E-state index is 13.7. The summed E-state index contributed by atoms with van der Waals surface area (Å²) < 4.78 is 33.8. The highest BCUT2D eigenvalue weighted by Gasteiger charge is 2.26. The van der Waals surface area contributed by atoms with E-state index in [2.05, 4.69) is 15.2 Å². The maximum Gasteiger partial charge on any atom is 0.295 e. The van der Waals surface area contributed by atoms with Crippen LogP contribution in [0, 0.1) is 39.0 Å². The van der Waals surface area contributed by atoms with Crippen molar-refractivity contribution in [2.24, 2.45) is 12.1 Å². The van der Waals surface area contributed by atoms with Crippen LogP contribution in [-0.2, 0) is 17.1 Å². The van der Waals surface area contributed by atoms with Crippen molar-refractivity contribution >= 4 is 44.5 Å². The molecular formula is C33H30ClN7O4S. The second kappa shape index (κ2) is 12.5. The van der Waals surface area contributed by atoms with Crippen molar-refractivity contribution in [3.05, 3.63) is 122 Å². The third kappa shape index (κ3) is 5.98. The highest BCUT2D eigenvalue weighted by molar-refractivity contribution is 7.92. The second-order valence-electron chi connectivity index (χ2n) is 10.6. The van der Waals surface area contributed by atoms with Gasteiger partial charge in [0.1, 0.15) is 11.8 Å². The topological polar surface area (TPSA) is 143 Å². The Hall–Kier alpha value is -5.38. The van der Waals surface area contributed by atoms with Crippen LogP contribution in [0.15, 0.2) is 93.7 Å². The molecule has 13 heteroatoms. The maximum atomic E-state index is 13.7. The molecule has 0 fully saturated rings. The molecule has 2 N–H and O–H groups in total. The molecule has 0 radical (unpaired) electrons. The van der Waals surface area contributed by atoms with Gasteiger partial charge in [0, 0.05) is 29.0 Å². The number of rotatable bonds is 9. The number of nitriles is 1. The van der Waals surface area contributed by atoms with E-state index in [0.29, 0.717) is 44.7 Å². The van der Waals surface area contributed by atoms with Crippen LogP contribution in [0.5, 0.6) is 0 Å². The van der Waals surface area contributed by atoms with E-state index in [-0.39, 0.29) is 21.7 Å². The molecule has 0 saturated heterocycles. The first-order valence-electron chi connectivity index (χ1n) is 14.0. The number of aromatic nitrogens is 3. The molecule has 0 spiro atoms. The summed E-state index contributed by atoms with van der Waals surface area (Å²) in [6, 6.07) is 23.5. The minimum Gasteiger partial charge on any atom is -0.311 e. The smallest absolute Gasteiger partial charge is 0.295 e. The first kappa shape index (κ1) is 32.0. The lowest BCUT2D eigenvalue weighted by molar-refractivity contribution is 0.106. The van der Waals surface area contributed by atoms with Crippen LogP contribution in [-0.4, -0.2) is 33.8 Å². The normalized spacial score (nSPS) is 11.7. The Morgan fingerprint density at radius 2 is 1.63 bits per heavy atom. The average Bonchev–Trinajstić information content (AvgIpc) is 3.42. The number of hydrogen-bond donors (Lipinski definition) is 2. The molecule has 46 heavy (non-hydrogen) atoms. The molecule has 5 rings (SSSR count). The van der Waals surface area contributed by atoms with Gasteiger partial charge in [0.25, 0.3) is 15.6 Å². The quantitative estimate of drug-likeness (QED) is 0.116. The van der Waals surface area contributed by atoms with E-state index in [1.54, 1.807) is 78.1 Å². The highest BCUT2D eigenvalue weighted by Crippen LogP contribution is 2.26. The van der Waals surface area contributed by atoms with E-state index in [4.69, 9.17) is 11.6 Å². The van der Waals surface area contributed by atoms with Crippen LogP contribution in [0.2, 0.25) is 5.02 Å². The van der Waals surface area contributed by atoms with Crippen LogP contribution in [0.3, 0.4) is 0 Å². The molecule has 0 aliphatic rings. The fourth-order valence-electron chi connectivity index (χ4n) is 5.24. The van der Waals surface area contributed by atoms with Gasteiger partial charge >= 0.3 is 0 Å². The summed E-state index contributed by atoms with van der Waals surface area (Å²) >= 11 is 5.99. The number of carbonyl (C=O) groups excluding carboxylic acids is 1. The van der Waals surface area contributed by atoms with Crippen molar-refractivity contribution < 1.29 is 13.2 Å². The van der Waals surface area contributed by atoms with Crippen LogP contribution >= 0.6 is 11.6 Å². The molecule has 0 bridgehead atoms. The molecule has 2 aromatic heterocycles. The zero-order valence-electron chi connectivity index (χ0n) is 25.7.